The van der Waals surface area contributed by atoms with Crippen molar-refractivity contribution in [1.82, 2.24) is 9.78 Å². The Morgan fingerprint density at radius 1 is 1.28 bits per heavy atom. The van der Waals surface area contributed by atoms with Crippen molar-refractivity contribution in [3.05, 3.63) is 46.4 Å². The first-order chi connectivity index (χ1) is 12.1. The zero-order valence-corrected chi connectivity index (χ0v) is 14.5. The minimum atomic E-state index is -0.415. The third-order valence-corrected chi connectivity index (χ3v) is 5.52. The first-order valence-electron chi connectivity index (χ1n) is 7.94. The Morgan fingerprint density at radius 2 is 2.08 bits per heavy atom. The van der Waals surface area contributed by atoms with Crippen LogP contribution in [0, 0.1) is 0 Å². The molecule has 0 N–H and O–H groups in total. The lowest BCUT2D eigenvalue weighted by molar-refractivity contribution is -0.119. The molecule has 0 unspecified atom stereocenters. The number of thioether (sulfide) groups is 1. The lowest BCUT2D eigenvalue weighted by atomic mass is 10.2. The summed E-state index contributed by atoms with van der Waals surface area (Å²) in [6, 6.07) is 7.76. The van der Waals surface area contributed by atoms with Crippen LogP contribution in [0.4, 0.5) is 11.4 Å². The Balaban J connectivity index is 1.63. The predicted octanol–water partition coefficient (Wildman–Crippen LogP) is 0.901. The van der Waals surface area contributed by atoms with E-state index in [0.717, 1.165) is 22.4 Å². The number of amides is 2. The first kappa shape index (κ1) is 15.9. The molecule has 128 valence electrons. The molecule has 2 aromatic rings. The van der Waals surface area contributed by atoms with Gasteiger partial charge in [-0.2, -0.15) is 5.10 Å². The highest BCUT2D eigenvalue weighted by atomic mass is 32.2. The molecule has 0 spiro atoms. The van der Waals surface area contributed by atoms with Crippen LogP contribution in [0.25, 0.3) is 0 Å². The molecule has 0 bridgehead atoms. The summed E-state index contributed by atoms with van der Waals surface area (Å²) in [4.78, 5) is 40.9. The van der Waals surface area contributed by atoms with Crippen molar-refractivity contribution in [3.63, 3.8) is 0 Å². The van der Waals surface area contributed by atoms with Crippen LogP contribution in [0.3, 0.4) is 0 Å². The van der Waals surface area contributed by atoms with Crippen molar-refractivity contribution in [2.75, 3.05) is 29.1 Å². The Morgan fingerprint density at radius 3 is 2.92 bits per heavy atom. The van der Waals surface area contributed by atoms with Crippen LogP contribution in [0.5, 0.6) is 0 Å². The van der Waals surface area contributed by atoms with Gasteiger partial charge in [-0.3, -0.25) is 14.4 Å². The van der Waals surface area contributed by atoms with Gasteiger partial charge >= 0.3 is 0 Å². The molecule has 0 saturated heterocycles. The maximum atomic E-state index is 12.7. The molecule has 2 aliphatic rings. The van der Waals surface area contributed by atoms with Gasteiger partial charge in [-0.05, 0) is 18.1 Å². The number of aromatic nitrogens is 2. The Hall–Kier alpha value is -2.61. The molecule has 0 radical (unpaired) electrons. The zero-order valence-electron chi connectivity index (χ0n) is 13.6. The second-order valence-electron chi connectivity index (χ2n) is 5.99. The number of carbonyl (C=O) groups excluding carboxylic acids is 2. The van der Waals surface area contributed by atoms with Crippen LogP contribution in [0.2, 0.25) is 0 Å². The van der Waals surface area contributed by atoms with Crippen molar-refractivity contribution in [3.8, 4) is 0 Å². The summed E-state index contributed by atoms with van der Waals surface area (Å²) < 4.78 is 1.14. The molecule has 8 heteroatoms. The molecule has 0 atom stereocenters. The van der Waals surface area contributed by atoms with E-state index in [-0.39, 0.29) is 24.1 Å². The molecule has 4 rings (SSSR count). The summed E-state index contributed by atoms with van der Waals surface area (Å²) in [6.45, 7) is 0.458. The van der Waals surface area contributed by atoms with Gasteiger partial charge in [0.2, 0.25) is 11.8 Å². The lowest BCUT2D eigenvalue weighted by Crippen LogP contribution is -2.41. The first-order valence-corrected chi connectivity index (χ1v) is 8.92. The van der Waals surface area contributed by atoms with Gasteiger partial charge in [-0.15, -0.1) is 11.8 Å². The summed E-state index contributed by atoms with van der Waals surface area (Å²) in [5.41, 5.74) is 1.90. The molecule has 1 aromatic carbocycles. The monoisotopic (exact) mass is 356 g/mol. The highest BCUT2D eigenvalue weighted by Gasteiger charge is 2.28. The summed E-state index contributed by atoms with van der Waals surface area (Å²) in [5.74, 6) is -0.0259. The number of benzene rings is 1. The average molecular weight is 356 g/mol. The molecule has 0 aliphatic carbocycles. The summed E-state index contributed by atoms with van der Waals surface area (Å²) in [6.07, 6.45) is 2.36. The predicted molar refractivity (Wildman–Crippen MR) is 95.1 cm³/mol. The number of fused-ring (bicyclic) bond motifs is 2. The standard InChI is InChI=1S/C17H16N4O3S/c1-19-15(23)10-25-13-8-18-21(17(24)16(13)19)9-14(22)20-7-6-11-4-2-3-5-12(11)20/h2-5,8H,6-7,9-10H2,1H3. The van der Waals surface area contributed by atoms with Crippen LogP contribution in [0.15, 0.2) is 40.2 Å². The highest BCUT2D eigenvalue weighted by Crippen LogP contribution is 2.31. The smallest absolute Gasteiger partial charge is 0.292 e. The maximum absolute atomic E-state index is 12.7. The fourth-order valence-electron chi connectivity index (χ4n) is 3.16. The van der Waals surface area contributed by atoms with Gasteiger partial charge < -0.3 is 9.80 Å². The van der Waals surface area contributed by atoms with Crippen LogP contribution in [0.1, 0.15) is 5.56 Å². The van der Waals surface area contributed by atoms with Crippen LogP contribution >= 0.6 is 11.8 Å². The fraction of sp³-hybridized carbons (Fsp3) is 0.294. The molecular formula is C17H16N4O3S. The topological polar surface area (TPSA) is 75.5 Å². The largest absolute Gasteiger partial charge is 0.310 e. The molecule has 1 aromatic heterocycles. The van der Waals surface area contributed by atoms with Gasteiger partial charge in [-0.25, -0.2) is 4.68 Å². The minimum absolute atomic E-state index is 0.132. The van der Waals surface area contributed by atoms with Gasteiger partial charge in [0.25, 0.3) is 5.56 Å². The van der Waals surface area contributed by atoms with E-state index in [2.05, 4.69) is 5.10 Å². The minimum Gasteiger partial charge on any atom is -0.310 e. The Bertz CT molecular complexity index is 940. The van der Waals surface area contributed by atoms with E-state index in [4.69, 9.17) is 0 Å². The second-order valence-corrected chi connectivity index (χ2v) is 7.00. The summed E-state index contributed by atoms with van der Waals surface area (Å²) >= 11 is 1.30. The van der Waals surface area contributed by atoms with E-state index in [1.807, 2.05) is 24.3 Å². The number of anilines is 2. The lowest BCUT2D eigenvalue weighted by Gasteiger charge is -2.24. The van der Waals surface area contributed by atoms with E-state index < -0.39 is 5.56 Å². The Kier molecular flexibility index (Phi) is 3.84. The van der Waals surface area contributed by atoms with Gasteiger partial charge in [0.05, 0.1) is 16.8 Å². The number of nitrogens with zero attached hydrogens (tertiary/aromatic N) is 4. The van der Waals surface area contributed by atoms with Crippen LogP contribution in [-0.2, 0) is 22.6 Å². The third-order valence-electron chi connectivity index (χ3n) is 4.52. The zero-order chi connectivity index (χ0) is 17.6. The number of para-hydroxylation sites is 1. The van der Waals surface area contributed by atoms with Gasteiger partial charge in [0.1, 0.15) is 12.2 Å². The Labute approximate surface area is 148 Å². The van der Waals surface area contributed by atoms with Crippen LogP contribution in [-0.4, -0.2) is 40.9 Å². The molecule has 0 saturated carbocycles. The third kappa shape index (κ3) is 2.62. The van der Waals surface area contributed by atoms with Gasteiger partial charge in [0, 0.05) is 19.3 Å². The summed E-state index contributed by atoms with van der Waals surface area (Å²) in [5, 5.41) is 4.12. The maximum Gasteiger partial charge on any atom is 0.292 e. The van der Waals surface area contributed by atoms with Gasteiger partial charge in [0.15, 0.2) is 0 Å². The van der Waals surface area contributed by atoms with Crippen molar-refractivity contribution < 1.29 is 9.59 Å². The van der Waals surface area contributed by atoms with Crippen molar-refractivity contribution >= 4 is 35.0 Å². The molecule has 0 fully saturated rings. The highest BCUT2D eigenvalue weighted by molar-refractivity contribution is 8.00. The normalized spacial score (nSPS) is 16.0. The molecule has 2 amide bonds. The molecule has 7 nitrogen and oxygen atoms in total. The summed E-state index contributed by atoms with van der Waals surface area (Å²) in [7, 11) is 1.57. The van der Waals surface area contributed by atoms with E-state index in [0.29, 0.717) is 17.1 Å². The molecular weight excluding hydrogens is 340 g/mol. The van der Waals surface area contributed by atoms with E-state index >= 15 is 0 Å². The van der Waals surface area contributed by atoms with Crippen molar-refractivity contribution in [2.45, 2.75) is 17.9 Å². The van der Waals surface area contributed by atoms with E-state index in [9.17, 15) is 14.4 Å². The number of carbonyl (C=O) groups is 2. The molecule has 2 aliphatic heterocycles. The van der Waals surface area contributed by atoms with E-state index in [1.54, 1.807) is 18.1 Å². The van der Waals surface area contributed by atoms with Crippen LogP contribution < -0.4 is 15.4 Å². The second kappa shape index (κ2) is 6.03. The molecule has 25 heavy (non-hydrogen) atoms. The quantitative estimate of drug-likeness (QED) is 0.799. The van der Waals surface area contributed by atoms with Gasteiger partial charge in [-0.1, -0.05) is 18.2 Å². The van der Waals surface area contributed by atoms with E-state index in [1.165, 1.54) is 16.7 Å². The fourth-order valence-corrected chi connectivity index (χ4v) is 4.12. The number of hydrogen-bond acceptors (Lipinski definition) is 5. The SMILES string of the molecule is CN1C(=O)CSc2cnn(CC(=O)N3CCc4ccccc43)c(=O)c21. The number of hydrogen-bond donors (Lipinski definition) is 0. The average Bonchev–Trinajstić information content (AvgIpc) is 3.04. The molecule has 3 heterocycles. The number of rotatable bonds is 2. The van der Waals surface area contributed by atoms with Crippen molar-refractivity contribution in [2.24, 2.45) is 0 Å². The van der Waals surface area contributed by atoms with Crippen molar-refractivity contribution in [1.29, 1.82) is 0 Å².